The fourth-order valence-electron chi connectivity index (χ4n) is 2.05. The van der Waals surface area contributed by atoms with Gasteiger partial charge in [0.15, 0.2) is 5.82 Å². The van der Waals surface area contributed by atoms with E-state index in [1.807, 2.05) is 0 Å². The smallest absolute Gasteiger partial charge is 0.351 e. The average Bonchev–Trinajstić information content (AvgIpc) is 2.89. The third kappa shape index (κ3) is 4.66. The first-order valence-electron chi connectivity index (χ1n) is 6.94. The third-order valence-corrected chi connectivity index (χ3v) is 3.04. The zero-order valence-electron chi connectivity index (χ0n) is 13.1. The Labute approximate surface area is 136 Å². The van der Waals surface area contributed by atoms with Crippen molar-refractivity contribution in [3.8, 4) is 0 Å². The number of aryl methyl sites for hydroxylation is 1. The Hall–Kier alpha value is -3.18. The van der Waals surface area contributed by atoms with E-state index in [0.29, 0.717) is 0 Å². The molecule has 1 unspecified atom stereocenters. The van der Waals surface area contributed by atoms with Crippen LogP contribution in [-0.4, -0.2) is 44.1 Å². The van der Waals surface area contributed by atoms with E-state index in [1.165, 1.54) is 6.92 Å². The van der Waals surface area contributed by atoms with Gasteiger partial charge in [0, 0.05) is 19.8 Å². The molecule has 0 fully saturated rings. The van der Waals surface area contributed by atoms with Gasteiger partial charge in [-0.05, 0) is 11.8 Å². The largest absolute Gasteiger partial charge is 0.463 e. The molecule has 24 heavy (non-hydrogen) atoms. The van der Waals surface area contributed by atoms with E-state index in [4.69, 9.17) is 15.7 Å². The molecule has 4 N–H and O–H groups in total. The maximum atomic E-state index is 12.1. The van der Waals surface area contributed by atoms with Crippen LogP contribution in [0.25, 0.3) is 0 Å². The van der Waals surface area contributed by atoms with Gasteiger partial charge in [-0.3, -0.25) is 10.1 Å². The second kappa shape index (κ2) is 8.45. The molecule has 132 valence electrons. The SMILES string of the molecule is CCOC(=O)C(CCC(=O)NC(N)=NO)n1c([N+](=O)[O-])cnc1C. The highest BCUT2D eigenvalue weighted by Gasteiger charge is 2.33. The Kier molecular flexibility index (Phi) is 6.64. The molecular weight excluding hydrogens is 324 g/mol. The lowest BCUT2D eigenvalue weighted by atomic mass is 10.1. The number of ether oxygens (including phenoxy) is 1. The summed E-state index contributed by atoms with van der Waals surface area (Å²) in [4.78, 5) is 38.1. The Balaban J connectivity index is 3.02. The van der Waals surface area contributed by atoms with E-state index in [-0.39, 0.29) is 31.1 Å². The summed E-state index contributed by atoms with van der Waals surface area (Å²) in [6.07, 6.45) is 0.716. The molecule has 0 saturated heterocycles. The van der Waals surface area contributed by atoms with Gasteiger partial charge in [-0.1, -0.05) is 5.16 Å². The number of carbonyl (C=O) groups excluding carboxylic acids is 2. The molecule has 0 aliphatic heterocycles. The Morgan fingerprint density at radius 1 is 1.62 bits per heavy atom. The average molecular weight is 342 g/mol. The van der Waals surface area contributed by atoms with Gasteiger partial charge in [0.1, 0.15) is 6.20 Å². The number of nitro groups is 1. The second-order valence-corrected chi connectivity index (χ2v) is 4.63. The number of rotatable bonds is 7. The number of nitrogens with one attached hydrogen (secondary N) is 1. The van der Waals surface area contributed by atoms with Gasteiger partial charge in [0.25, 0.3) is 0 Å². The molecule has 1 atom stereocenters. The van der Waals surface area contributed by atoms with Gasteiger partial charge in [0.05, 0.1) is 6.61 Å². The van der Waals surface area contributed by atoms with Gasteiger partial charge in [0.2, 0.25) is 17.9 Å². The first kappa shape index (κ1) is 18.9. The zero-order chi connectivity index (χ0) is 18.3. The normalized spacial score (nSPS) is 12.5. The molecule has 1 aromatic rings. The number of esters is 1. The summed E-state index contributed by atoms with van der Waals surface area (Å²) in [6, 6.07) is -1.11. The number of imidazole rings is 1. The lowest BCUT2D eigenvalue weighted by molar-refractivity contribution is -0.392. The van der Waals surface area contributed by atoms with E-state index in [0.717, 1.165) is 10.8 Å². The summed E-state index contributed by atoms with van der Waals surface area (Å²) in [6.45, 7) is 3.16. The molecule has 0 aliphatic rings. The highest BCUT2D eigenvalue weighted by atomic mass is 16.6. The van der Waals surface area contributed by atoms with Gasteiger partial charge < -0.3 is 25.8 Å². The van der Waals surface area contributed by atoms with Crippen molar-refractivity contribution in [1.29, 1.82) is 0 Å². The maximum Gasteiger partial charge on any atom is 0.351 e. The van der Waals surface area contributed by atoms with Crippen molar-refractivity contribution in [3.63, 3.8) is 0 Å². The van der Waals surface area contributed by atoms with Crippen LogP contribution in [0, 0.1) is 17.0 Å². The van der Waals surface area contributed by atoms with Crippen molar-refractivity contribution in [2.75, 3.05) is 6.61 Å². The molecule has 0 aliphatic carbocycles. The second-order valence-electron chi connectivity index (χ2n) is 4.63. The summed E-state index contributed by atoms with van der Waals surface area (Å²) in [5, 5.41) is 24.2. The van der Waals surface area contributed by atoms with Crippen LogP contribution in [0.4, 0.5) is 5.82 Å². The molecule has 0 radical (unpaired) electrons. The Morgan fingerprint density at radius 3 is 2.83 bits per heavy atom. The fraction of sp³-hybridized carbons (Fsp3) is 0.500. The molecule has 0 saturated carbocycles. The number of aromatic nitrogens is 2. The molecule has 0 bridgehead atoms. The van der Waals surface area contributed by atoms with Crippen molar-refractivity contribution in [1.82, 2.24) is 14.9 Å². The van der Waals surface area contributed by atoms with Crippen LogP contribution >= 0.6 is 0 Å². The summed E-state index contributed by atoms with van der Waals surface area (Å²) in [5.74, 6) is -2.00. The lowest BCUT2D eigenvalue weighted by Gasteiger charge is -2.15. The highest BCUT2D eigenvalue weighted by Crippen LogP contribution is 2.25. The van der Waals surface area contributed by atoms with E-state index in [9.17, 15) is 19.7 Å². The number of nitrogens with two attached hydrogens (primary N) is 1. The summed E-state index contributed by atoms with van der Waals surface area (Å²) in [5.41, 5.74) is 5.14. The van der Waals surface area contributed by atoms with E-state index < -0.39 is 28.8 Å². The first-order valence-corrected chi connectivity index (χ1v) is 6.94. The quantitative estimate of drug-likeness (QED) is 0.152. The van der Waals surface area contributed by atoms with Gasteiger partial charge in [-0.15, -0.1) is 0 Å². The van der Waals surface area contributed by atoms with Gasteiger partial charge >= 0.3 is 11.8 Å². The molecule has 1 amide bonds. The number of nitrogens with zero attached hydrogens (tertiary/aromatic N) is 4. The van der Waals surface area contributed by atoms with Crippen molar-refractivity contribution in [2.45, 2.75) is 32.7 Å². The van der Waals surface area contributed by atoms with Crippen molar-refractivity contribution < 1.29 is 24.5 Å². The molecular formula is C12H18N6O6. The Bertz CT molecular complexity index is 654. The molecule has 12 nitrogen and oxygen atoms in total. The summed E-state index contributed by atoms with van der Waals surface area (Å²) < 4.78 is 6.03. The number of guanidine groups is 1. The number of hydrogen-bond acceptors (Lipinski definition) is 8. The van der Waals surface area contributed by atoms with Crippen molar-refractivity contribution >= 4 is 23.7 Å². The molecule has 1 rings (SSSR count). The van der Waals surface area contributed by atoms with Crippen LogP contribution in [0.5, 0.6) is 0 Å². The van der Waals surface area contributed by atoms with Crippen molar-refractivity contribution in [3.05, 3.63) is 22.1 Å². The third-order valence-electron chi connectivity index (χ3n) is 3.04. The molecule has 1 aromatic heterocycles. The topological polar surface area (TPSA) is 175 Å². The highest BCUT2D eigenvalue weighted by molar-refractivity contribution is 5.95. The van der Waals surface area contributed by atoms with E-state index >= 15 is 0 Å². The molecule has 1 heterocycles. The minimum Gasteiger partial charge on any atom is -0.463 e. The van der Waals surface area contributed by atoms with Crippen LogP contribution in [0.15, 0.2) is 11.4 Å². The number of hydrogen-bond donors (Lipinski definition) is 3. The predicted molar refractivity (Wildman–Crippen MR) is 80.1 cm³/mol. The van der Waals surface area contributed by atoms with Gasteiger partial charge in [-0.25, -0.2) is 9.78 Å². The zero-order valence-corrected chi connectivity index (χ0v) is 13.1. The minimum atomic E-state index is -1.11. The maximum absolute atomic E-state index is 12.1. The predicted octanol–water partition coefficient (Wildman–Crippen LogP) is -0.196. The van der Waals surface area contributed by atoms with Crippen molar-refractivity contribution in [2.24, 2.45) is 10.9 Å². The summed E-state index contributed by atoms with van der Waals surface area (Å²) in [7, 11) is 0. The van der Waals surface area contributed by atoms with E-state index in [1.54, 1.807) is 6.92 Å². The first-order chi connectivity index (χ1) is 11.3. The Morgan fingerprint density at radius 2 is 2.29 bits per heavy atom. The lowest BCUT2D eigenvalue weighted by Crippen LogP contribution is -2.37. The standard InChI is InChI=1S/C12H18N6O6/c1-3-24-11(20)8(4-5-9(19)15-12(13)16-21)17-7(2)14-6-10(17)18(22)23/h6,8,21H,3-5H2,1-2H3,(H3,13,15,16,19). The van der Waals surface area contributed by atoms with Crippen LogP contribution in [0.2, 0.25) is 0 Å². The van der Waals surface area contributed by atoms with Crippen LogP contribution < -0.4 is 11.1 Å². The van der Waals surface area contributed by atoms with Crippen LogP contribution in [0.3, 0.4) is 0 Å². The van der Waals surface area contributed by atoms with Crippen LogP contribution in [-0.2, 0) is 14.3 Å². The number of carbonyl (C=O) groups is 2. The monoisotopic (exact) mass is 342 g/mol. The fourth-order valence-corrected chi connectivity index (χ4v) is 2.05. The molecule has 12 heteroatoms. The molecule has 0 spiro atoms. The number of oxime groups is 1. The molecule has 0 aromatic carbocycles. The van der Waals surface area contributed by atoms with E-state index in [2.05, 4.69) is 15.5 Å². The van der Waals surface area contributed by atoms with Gasteiger partial charge in [-0.2, -0.15) is 4.57 Å². The van der Waals surface area contributed by atoms with Crippen LogP contribution in [0.1, 0.15) is 31.6 Å². The summed E-state index contributed by atoms with van der Waals surface area (Å²) >= 11 is 0. The number of amides is 1. The minimum absolute atomic E-state index is 0.0766.